The summed E-state index contributed by atoms with van der Waals surface area (Å²) in [5.74, 6) is 2.83. The second-order valence-electron chi connectivity index (χ2n) is 17.6. The number of hydrogen-bond donors (Lipinski definition) is 0. The van der Waals surface area contributed by atoms with Gasteiger partial charge in [0.2, 0.25) is 11.8 Å². The van der Waals surface area contributed by atoms with Gasteiger partial charge in [-0.2, -0.15) is 0 Å². The molecule has 5 aromatic rings. The van der Waals surface area contributed by atoms with E-state index < -0.39 is 0 Å². The molecule has 0 unspecified atom stereocenters. The van der Waals surface area contributed by atoms with Crippen LogP contribution in [0.3, 0.4) is 0 Å². The second kappa shape index (κ2) is 31.4. The standard InChI is InChI=1S/C54H76Br2N4O4/c1-3-5-7-9-11-13-15-17-19-21-23-25-27-29-39-61-49-41-48(54-60-58-52(64-54)44-33-37-46(56)38-34-44)50(42-47(49)53-59-57-51(63-53)43-31-35-45(55)36-32-43)62-40-30-28-26-24-22-20-18-16-14-12-10-8-6-4-2/h31-38,41-42H,3-30,39-40H2,1-2H3. The van der Waals surface area contributed by atoms with Crippen molar-refractivity contribution in [1.29, 1.82) is 0 Å². The van der Waals surface area contributed by atoms with Gasteiger partial charge in [0.25, 0.3) is 11.8 Å². The highest BCUT2D eigenvalue weighted by molar-refractivity contribution is 9.10. The fourth-order valence-electron chi connectivity index (χ4n) is 8.17. The van der Waals surface area contributed by atoms with Crippen molar-refractivity contribution in [3.05, 3.63) is 69.6 Å². The molecule has 0 aliphatic heterocycles. The average Bonchev–Trinajstić information content (AvgIpc) is 4.01. The van der Waals surface area contributed by atoms with E-state index in [-0.39, 0.29) is 0 Å². The van der Waals surface area contributed by atoms with Gasteiger partial charge in [-0.05, 0) is 73.5 Å². The smallest absolute Gasteiger partial charge is 0.252 e. The van der Waals surface area contributed by atoms with Crippen LogP contribution in [0.5, 0.6) is 11.5 Å². The molecule has 3 aromatic carbocycles. The third-order valence-electron chi connectivity index (χ3n) is 12.1. The largest absolute Gasteiger partial charge is 0.493 e. The van der Waals surface area contributed by atoms with Crippen LogP contribution >= 0.6 is 31.9 Å². The number of benzene rings is 3. The van der Waals surface area contributed by atoms with Gasteiger partial charge in [-0.1, -0.05) is 213 Å². The molecule has 0 amide bonds. The summed E-state index contributed by atoms with van der Waals surface area (Å²) in [4.78, 5) is 0. The molecule has 0 fully saturated rings. The highest BCUT2D eigenvalue weighted by atomic mass is 79.9. The Hall–Kier alpha value is -3.50. The van der Waals surface area contributed by atoms with Crippen molar-refractivity contribution in [2.45, 2.75) is 194 Å². The van der Waals surface area contributed by atoms with Crippen molar-refractivity contribution in [1.82, 2.24) is 20.4 Å². The summed E-state index contributed by atoms with van der Waals surface area (Å²) in [7, 11) is 0. The first-order chi connectivity index (χ1) is 31.6. The lowest BCUT2D eigenvalue weighted by Gasteiger charge is -2.15. The Morgan fingerprint density at radius 1 is 0.359 bits per heavy atom. The Kier molecular flexibility index (Phi) is 25.3. The van der Waals surface area contributed by atoms with E-state index in [2.05, 4.69) is 66.1 Å². The Balaban J connectivity index is 1.22. The summed E-state index contributed by atoms with van der Waals surface area (Å²) >= 11 is 7.06. The molecule has 5 rings (SSSR count). The summed E-state index contributed by atoms with van der Waals surface area (Å²) in [5, 5.41) is 17.9. The fourth-order valence-corrected chi connectivity index (χ4v) is 8.70. The minimum Gasteiger partial charge on any atom is -0.493 e. The molecule has 0 saturated carbocycles. The minimum absolute atomic E-state index is 0.364. The molecule has 0 saturated heterocycles. The number of halogens is 2. The van der Waals surface area contributed by atoms with Crippen LogP contribution in [0.25, 0.3) is 45.8 Å². The van der Waals surface area contributed by atoms with Gasteiger partial charge in [-0.25, -0.2) is 0 Å². The second-order valence-corrected chi connectivity index (χ2v) is 19.4. The molecule has 2 heterocycles. The molecular weight excluding hydrogens is 928 g/mol. The van der Waals surface area contributed by atoms with E-state index >= 15 is 0 Å². The first-order valence-corrected chi connectivity index (χ1v) is 26.8. The van der Waals surface area contributed by atoms with Gasteiger partial charge in [0.05, 0.1) is 24.3 Å². The van der Waals surface area contributed by atoms with Gasteiger partial charge >= 0.3 is 0 Å². The molecule has 0 aliphatic carbocycles. The van der Waals surface area contributed by atoms with Crippen LogP contribution in [0.1, 0.15) is 194 Å². The van der Waals surface area contributed by atoms with Crippen LogP contribution in [-0.4, -0.2) is 33.6 Å². The van der Waals surface area contributed by atoms with E-state index in [4.69, 9.17) is 18.3 Å². The molecule has 0 spiro atoms. The lowest BCUT2D eigenvalue weighted by atomic mass is 10.0. The fraction of sp³-hybridized carbons (Fsp3) is 0.593. The molecule has 350 valence electrons. The molecule has 0 atom stereocenters. The summed E-state index contributed by atoms with van der Waals surface area (Å²) in [6.45, 7) is 5.69. The first-order valence-electron chi connectivity index (χ1n) is 25.2. The third-order valence-corrected chi connectivity index (χ3v) is 13.1. The SMILES string of the molecule is CCCCCCCCCCCCCCCCOc1cc(-c2nnc(-c3ccc(Br)cc3)o2)c(OCCCCCCCCCCCCCCCC)cc1-c1nnc(-c2ccc(Br)cc2)o1. The number of aromatic nitrogens is 4. The Morgan fingerprint density at radius 2 is 0.625 bits per heavy atom. The highest BCUT2D eigenvalue weighted by Gasteiger charge is 2.23. The lowest BCUT2D eigenvalue weighted by molar-refractivity contribution is 0.297. The van der Waals surface area contributed by atoms with Crippen molar-refractivity contribution in [2.24, 2.45) is 0 Å². The van der Waals surface area contributed by atoms with Crippen LogP contribution in [-0.2, 0) is 0 Å². The third kappa shape index (κ3) is 19.1. The molecular formula is C54H76Br2N4O4. The minimum atomic E-state index is 0.364. The predicted octanol–water partition coefficient (Wildman–Crippen LogP) is 18.4. The maximum absolute atomic E-state index is 6.60. The summed E-state index contributed by atoms with van der Waals surface area (Å²) in [6.07, 6.45) is 36.5. The number of nitrogens with zero attached hydrogens (tertiary/aromatic N) is 4. The monoisotopic (exact) mass is 1000 g/mol. The maximum atomic E-state index is 6.60. The predicted molar refractivity (Wildman–Crippen MR) is 271 cm³/mol. The topological polar surface area (TPSA) is 96.3 Å². The zero-order valence-corrected chi connectivity index (χ0v) is 42.3. The molecule has 8 nitrogen and oxygen atoms in total. The van der Waals surface area contributed by atoms with Crippen LogP contribution in [0, 0.1) is 0 Å². The van der Waals surface area contributed by atoms with Gasteiger partial charge in [0, 0.05) is 20.1 Å². The van der Waals surface area contributed by atoms with Crippen molar-refractivity contribution in [2.75, 3.05) is 13.2 Å². The number of rotatable bonds is 36. The molecule has 0 bridgehead atoms. The zero-order valence-electron chi connectivity index (χ0n) is 39.2. The number of ether oxygens (including phenoxy) is 2. The van der Waals surface area contributed by atoms with Gasteiger partial charge in [0.1, 0.15) is 11.5 Å². The Morgan fingerprint density at radius 3 is 0.922 bits per heavy atom. The summed E-state index contributed by atoms with van der Waals surface area (Å²) in [5.41, 5.74) is 3.02. The summed E-state index contributed by atoms with van der Waals surface area (Å²) < 4.78 is 27.8. The van der Waals surface area contributed by atoms with Gasteiger partial charge in [-0.3, -0.25) is 0 Å². The molecule has 0 aliphatic rings. The number of hydrogen-bond acceptors (Lipinski definition) is 8. The van der Waals surface area contributed by atoms with Crippen LogP contribution < -0.4 is 9.47 Å². The first kappa shape index (κ1) is 51.5. The van der Waals surface area contributed by atoms with Gasteiger partial charge in [-0.15, -0.1) is 20.4 Å². The van der Waals surface area contributed by atoms with Crippen molar-refractivity contribution in [3.8, 4) is 57.3 Å². The highest BCUT2D eigenvalue weighted by Crippen LogP contribution is 2.42. The maximum Gasteiger partial charge on any atom is 0.252 e. The van der Waals surface area contributed by atoms with E-state index in [0.717, 1.165) is 45.8 Å². The van der Waals surface area contributed by atoms with Gasteiger partial charge in [0.15, 0.2) is 0 Å². The van der Waals surface area contributed by atoms with Crippen LogP contribution in [0.4, 0.5) is 0 Å². The molecule has 2 aromatic heterocycles. The van der Waals surface area contributed by atoms with E-state index in [1.807, 2.05) is 60.7 Å². The van der Waals surface area contributed by atoms with Gasteiger partial charge < -0.3 is 18.3 Å². The van der Waals surface area contributed by atoms with E-state index in [9.17, 15) is 0 Å². The molecule has 64 heavy (non-hydrogen) atoms. The average molecular weight is 1010 g/mol. The van der Waals surface area contributed by atoms with E-state index in [1.54, 1.807) is 0 Å². The number of unbranched alkanes of at least 4 members (excludes halogenated alkanes) is 26. The lowest BCUT2D eigenvalue weighted by Crippen LogP contribution is -2.03. The van der Waals surface area contributed by atoms with E-state index in [0.29, 0.717) is 59.4 Å². The van der Waals surface area contributed by atoms with Crippen molar-refractivity contribution >= 4 is 31.9 Å². The van der Waals surface area contributed by atoms with Crippen LogP contribution in [0.2, 0.25) is 0 Å². The normalized spacial score (nSPS) is 11.4. The Bertz CT molecular complexity index is 1820. The molecule has 0 radical (unpaired) electrons. The quantitative estimate of drug-likeness (QED) is 0.0366. The molecule has 10 heteroatoms. The van der Waals surface area contributed by atoms with Crippen molar-refractivity contribution < 1.29 is 18.3 Å². The van der Waals surface area contributed by atoms with Crippen molar-refractivity contribution in [3.63, 3.8) is 0 Å². The summed E-state index contributed by atoms with van der Waals surface area (Å²) in [6, 6.07) is 19.6. The molecule has 0 N–H and O–H groups in total. The van der Waals surface area contributed by atoms with E-state index in [1.165, 1.54) is 154 Å². The Labute approximate surface area is 402 Å². The zero-order chi connectivity index (χ0) is 44.9. The van der Waals surface area contributed by atoms with Crippen LogP contribution in [0.15, 0.2) is 78.4 Å².